The Bertz CT molecular complexity index is 738. The van der Waals surface area contributed by atoms with Crippen LogP contribution >= 0.6 is 0 Å². The molecular weight excluding hydrogens is 258 g/mol. The van der Waals surface area contributed by atoms with Gasteiger partial charge in [-0.3, -0.25) is 4.79 Å². The maximum atomic E-state index is 13.6. The van der Waals surface area contributed by atoms with Crippen molar-refractivity contribution in [1.29, 1.82) is 0 Å². The van der Waals surface area contributed by atoms with Crippen LogP contribution in [0.15, 0.2) is 10.9 Å². The summed E-state index contributed by atoms with van der Waals surface area (Å²) >= 11 is 0. The SMILES string of the molecule is O=C(O)c1c(F)c2c(F)c(F)c(F)cc2[nH]c1=O. The van der Waals surface area contributed by atoms with Gasteiger partial charge in [0.05, 0.1) is 10.9 Å². The van der Waals surface area contributed by atoms with Crippen LogP contribution in [0.3, 0.4) is 0 Å². The molecule has 94 valence electrons. The normalized spacial score (nSPS) is 10.9. The summed E-state index contributed by atoms with van der Waals surface area (Å²) in [4.78, 5) is 23.6. The highest BCUT2D eigenvalue weighted by atomic mass is 19.2. The molecule has 0 aliphatic carbocycles. The summed E-state index contributed by atoms with van der Waals surface area (Å²) in [5.41, 5.74) is -3.41. The van der Waals surface area contributed by atoms with Gasteiger partial charge >= 0.3 is 5.97 Å². The van der Waals surface area contributed by atoms with Crippen molar-refractivity contribution in [2.75, 3.05) is 0 Å². The number of nitrogens with one attached hydrogen (secondary N) is 1. The second-order valence-corrected chi connectivity index (χ2v) is 3.36. The first-order chi connectivity index (χ1) is 8.34. The van der Waals surface area contributed by atoms with Crippen LogP contribution in [0.5, 0.6) is 0 Å². The van der Waals surface area contributed by atoms with E-state index in [-0.39, 0.29) is 0 Å². The van der Waals surface area contributed by atoms with E-state index in [2.05, 4.69) is 0 Å². The van der Waals surface area contributed by atoms with E-state index in [9.17, 15) is 27.2 Å². The van der Waals surface area contributed by atoms with Crippen molar-refractivity contribution in [3.63, 3.8) is 0 Å². The van der Waals surface area contributed by atoms with Crippen molar-refractivity contribution in [3.8, 4) is 0 Å². The summed E-state index contributed by atoms with van der Waals surface area (Å²) < 4.78 is 52.7. The number of halogens is 4. The summed E-state index contributed by atoms with van der Waals surface area (Å²) in [7, 11) is 0. The van der Waals surface area contributed by atoms with Gasteiger partial charge in [-0.15, -0.1) is 0 Å². The molecule has 0 saturated carbocycles. The van der Waals surface area contributed by atoms with Crippen LogP contribution in [-0.4, -0.2) is 16.1 Å². The van der Waals surface area contributed by atoms with Crippen LogP contribution < -0.4 is 5.56 Å². The molecule has 0 aliphatic heterocycles. The number of benzene rings is 1. The molecule has 1 aromatic carbocycles. The van der Waals surface area contributed by atoms with Crippen LogP contribution in [0, 0.1) is 23.3 Å². The second kappa shape index (κ2) is 3.83. The Morgan fingerprint density at radius 3 is 2.28 bits per heavy atom. The Morgan fingerprint density at radius 1 is 1.11 bits per heavy atom. The largest absolute Gasteiger partial charge is 0.477 e. The monoisotopic (exact) mass is 261 g/mol. The molecule has 0 unspecified atom stereocenters. The molecule has 0 atom stereocenters. The third-order valence-electron chi connectivity index (χ3n) is 2.29. The lowest BCUT2D eigenvalue weighted by Gasteiger charge is -2.05. The summed E-state index contributed by atoms with van der Waals surface area (Å²) in [5, 5.41) is 7.45. The molecule has 0 bridgehead atoms. The van der Waals surface area contributed by atoms with Crippen molar-refractivity contribution in [2.45, 2.75) is 0 Å². The van der Waals surface area contributed by atoms with Gasteiger partial charge in [-0.2, -0.15) is 0 Å². The van der Waals surface area contributed by atoms with Crippen molar-refractivity contribution in [2.24, 2.45) is 0 Å². The topological polar surface area (TPSA) is 70.2 Å². The zero-order valence-electron chi connectivity index (χ0n) is 8.35. The van der Waals surface area contributed by atoms with Gasteiger partial charge in [-0.1, -0.05) is 0 Å². The van der Waals surface area contributed by atoms with E-state index in [1.807, 2.05) is 0 Å². The predicted molar refractivity (Wildman–Crippen MR) is 51.4 cm³/mol. The number of aromatic nitrogens is 1. The van der Waals surface area contributed by atoms with Gasteiger partial charge in [0.25, 0.3) is 5.56 Å². The minimum atomic E-state index is -1.95. The molecule has 2 rings (SSSR count). The Kier molecular flexibility index (Phi) is 2.57. The number of aromatic amines is 1. The summed E-state index contributed by atoms with van der Waals surface area (Å²) in [5.74, 6) is -9.18. The lowest BCUT2D eigenvalue weighted by atomic mass is 10.1. The molecular formula is C10H3F4NO3. The molecule has 0 radical (unpaired) electrons. The lowest BCUT2D eigenvalue weighted by Crippen LogP contribution is -2.21. The van der Waals surface area contributed by atoms with E-state index in [1.165, 1.54) is 0 Å². The Balaban J connectivity index is 3.07. The Morgan fingerprint density at radius 2 is 1.72 bits per heavy atom. The van der Waals surface area contributed by atoms with Crippen LogP contribution in [0.4, 0.5) is 17.6 Å². The van der Waals surface area contributed by atoms with Crippen molar-refractivity contribution in [3.05, 3.63) is 45.3 Å². The fourth-order valence-electron chi connectivity index (χ4n) is 1.51. The van der Waals surface area contributed by atoms with Gasteiger partial charge < -0.3 is 10.1 Å². The van der Waals surface area contributed by atoms with Gasteiger partial charge in [-0.25, -0.2) is 22.4 Å². The minimum Gasteiger partial charge on any atom is -0.477 e. The molecule has 18 heavy (non-hydrogen) atoms. The lowest BCUT2D eigenvalue weighted by molar-refractivity contribution is 0.0690. The molecule has 2 N–H and O–H groups in total. The molecule has 1 heterocycles. The molecule has 0 aliphatic rings. The number of hydrogen-bond donors (Lipinski definition) is 2. The van der Waals surface area contributed by atoms with Gasteiger partial charge in [0.15, 0.2) is 28.8 Å². The fourth-order valence-corrected chi connectivity index (χ4v) is 1.51. The van der Waals surface area contributed by atoms with E-state index in [0.717, 1.165) is 0 Å². The Labute approximate surface area is 95.5 Å². The molecule has 0 amide bonds. The van der Waals surface area contributed by atoms with Crippen molar-refractivity contribution >= 4 is 16.9 Å². The number of carboxylic acids is 1. The zero-order valence-corrected chi connectivity index (χ0v) is 8.35. The number of hydrogen-bond acceptors (Lipinski definition) is 2. The average Bonchev–Trinajstić information content (AvgIpc) is 2.24. The molecule has 2 aromatic rings. The standard InChI is InChI=1S/C10H3F4NO3/c11-2-1-3-4(8(14)6(2)12)7(13)5(10(17)18)9(16)15-3/h1H,(H,15,16)(H,17,18). The maximum Gasteiger partial charge on any atom is 0.344 e. The number of carboxylic acid groups (broad SMARTS) is 1. The first-order valence-corrected chi connectivity index (χ1v) is 4.47. The van der Waals surface area contributed by atoms with Gasteiger partial charge in [0.2, 0.25) is 0 Å². The highest BCUT2D eigenvalue weighted by Crippen LogP contribution is 2.24. The summed E-state index contributed by atoms with van der Waals surface area (Å²) in [6.07, 6.45) is 0. The van der Waals surface area contributed by atoms with E-state index in [1.54, 1.807) is 4.98 Å². The highest BCUT2D eigenvalue weighted by molar-refractivity contribution is 5.93. The highest BCUT2D eigenvalue weighted by Gasteiger charge is 2.24. The first kappa shape index (κ1) is 12.1. The van der Waals surface area contributed by atoms with Crippen molar-refractivity contribution < 1.29 is 27.5 Å². The molecule has 1 aromatic heterocycles. The zero-order chi connectivity index (χ0) is 13.6. The molecule has 0 saturated heterocycles. The number of aromatic carboxylic acids is 1. The number of rotatable bonds is 1. The summed E-state index contributed by atoms with van der Waals surface area (Å²) in [6.45, 7) is 0. The van der Waals surface area contributed by atoms with Crippen LogP contribution in [0.1, 0.15) is 10.4 Å². The average molecular weight is 261 g/mol. The number of pyridine rings is 1. The van der Waals surface area contributed by atoms with Gasteiger partial charge in [0.1, 0.15) is 0 Å². The smallest absolute Gasteiger partial charge is 0.344 e. The Hall–Kier alpha value is -2.38. The van der Waals surface area contributed by atoms with Crippen LogP contribution in [0.2, 0.25) is 0 Å². The fraction of sp³-hybridized carbons (Fsp3) is 0. The quantitative estimate of drug-likeness (QED) is 0.607. The van der Waals surface area contributed by atoms with Gasteiger partial charge in [0, 0.05) is 6.07 Å². The third kappa shape index (κ3) is 1.53. The molecule has 0 fully saturated rings. The maximum absolute atomic E-state index is 13.6. The predicted octanol–water partition coefficient (Wildman–Crippen LogP) is 1.78. The van der Waals surface area contributed by atoms with Crippen molar-refractivity contribution in [1.82, 2.24) is 4.98 Å². The van der Waals surface area contributed by atoms with E-state index < -0.39 is 51.3 Å². The third-order valence-corrected chi connectivity index (χ3v) is 2.29. The number of carbonyl (C=O) groups is 1. The summed E-state index contributed by atoms with van der Waals surface area (Å²) in [6, 6.07) is 0.365. The van der Waals surface area contributed by atoms with E-state index >= 15 is 0 Å². The molecule has 4 nitrogen and oxygen atoms in total. The molecule has 0 spiro atoms. The number of fused-ring (bicyclic) bond motifs is 1. The van der Waals surface area contributed by atoms with E-state index in [4.69, 9.17) is 5.11 Å². The molecule has 8 heteroatoms. The minimum absolute atomic E-state index is 0.365. The van der Waals surface area contributed by atoms with E-state index in [0.29, 0.717) is 6.07 Å². The van der Waals surface area contributed by atoms with Crippen LogP contribution in [-0.2, 0) is 0 Å². The first-order valence-electron chi connectivity index (χ1n) is 4.47. The van der Waals surface area contributed by atoms with Crippen LogP contribution in [0.25, 0.3) is 10.9 Å². The van der Waals surface area contributed by atoms with Gasteiger partial charge in [-0.05, 0) is 0 Å². The second-order valence-electron chi connectivity index (χ2n) is 3.36. The number of H-pyrrole nitrogens is 1.